The minimum Gasteiger partial charge on any atom is -0.491 e. The molecule has 1 N–H and O–H groups in total. The van der Waals surface area contributed by atoms with Crippen molar-refractivity contribution in [2.75, 3.05) is 33.3 Å². The number of piperidine rings is 1. The summed E-state index contributed by atoms with van der Waals surface area (Å²) < 4.78 is 5.70. The zero-order valence-corrected chi connectivity index (χ0v) is 11.1. The van der Waals surface area contributed by atoms with Crippen LogP contribution in [0.2, 0.25) is 0 Å². The van der Waals surface area contributed by atoms with E-state index in [0.717, 1.165) is 24.8 Å². The molecule has 0 aromatic heterocycles. The summed E-state index contributed by atoms with van der Waals surface area (Å²) in [5, 5.41) is 3.68. The predicted molar refractivity (Wildman–Crippen MR) is 72.9 cm³/mol. The van der Waals surface area contributed by atoms with Crippen LogP contribution in [0.3, 0.4) is 0 Å². The van der Waals surface area contributed by atoms with Crippen LogP contribution < -0.4 is 10.1 Å². The number of para-hydroxylation sites is 1. The van der Waals surface area contributed by atoms with E-state index in [9.17, 15) is 0 Å². The van der Waals surface area contributed by atoms with E-state index < -0.39 is 0 Å². The third-order valence-corrected chi connectivity index (χ3v) is 4.19. The number of nitrogens with one attached hydrogen (secondary N) is 1. The molecule has 18 heavy (non-hydrogen) atoms. The van der Waals surface area contributed by atoms with Crippen molar-refractivity contribution in [3.63, 3.8) is 0 Å². The van der Waals surface area contributed by atoms with Gasteiger partial charge in [0.1, 0.15) is 12.4 Å². The average molecular weight is 246 g/mol. The first kappa shape index (κ1) is 12.0. The fourth-order valence-corrected chi connectivity index (χ4v) is 2.91. The van der Waals surface area contributed by atoms with Crippen molar-refractivity contribution in [2.24, 2.45) is 5.92 Å². The minimum atomic E-state index is 0.390. The quantitative estimate of drug-likeness (QED) is 0.883. The Kier molecular flexibility index (Phi) is 3.52. The lowest BCUT2D eigenvalue weighted by Gasteiger charge is -2.29. The Hall–Kier alpha value is -1.06. The largest absolute Gasteiger partial charge is 0.491 e. The molecule has 2 heterocycles. The van der Waals surface area contributed by atoms with Crippen molar-refractivity contribution in [1.82, 2.24) is 10.2 Å². The highest BCUT2D eigenvalue weighted by Crippen LogP contribution is 2.31. The summed E-state index contributed by atoms with van der Waals surface area (Å²) >= 11 is 0. The second kappa shape index (κ2) is 5.29. The first-order chi connectivity index (χ1) is 8.83. The Bertz CT molecular complexity index is 399. The van der Waals surface area contributed by atoms with Crippen LogP contribution in [-0.2, 0) is 0 Å². The van der Waals surface area contributed by atoms with Crippen LogP contribution in [0.1, 0.15) is 24.4 Å². The van der Waals surface area contributed by atoms with Crippen molar-refractivity contribution < 1.29 is 4.74 Å². The first-order valence-electron chi connectivity index (χ1n) is 6.96. The van der Waals surface area contributed by atoms with Gasteiger partial charge in [-0.1, -0.05) is 18.2 Å². The fourth-order valence-electron chi connectivity index (χ4n) is 2.91. The van der Waals surface area contributed by atoms with Crippen LogP contribution in [0.15, 0.2) is 24.3 Å². The van der Waals surface area contributed by atoms with Gasteiger partial charge in [-0.2, -0.15) is 0 Å². The normalized spacial score (nSPS) is 24.8. The Balaban J connectivity index is 1.53. The summed E-state index contributed by atoms with van der Waals surface area (Å²) in [6.07, 6.45) is 2.64. The van der Waals surface area contributed by atoms with Gasteiger partial charge in [0.05, 0.1) is 6.04 Å². The van der Waals surface area contributed by atoms with E-state index in [0.29, 0.717) is 6.04 Å². The Labute approximate surface area is 109 Å². The fraction of sp³-hybridized carbons (Fsp3) is 0.600. The Morgan fingerprint density at radius 2 is 2.06 bits per heavy atom. The predicted octanol–water partition coefficient (Wildman–Crippen LogP) is 2.05. The van der Waals surface area contributed by atoms with Gasteiger partial charge in [-0.3, -0.25) is 0 Å². The van der Waals surface area contributed by atoms with Crippen molar-refractivity contribution in [2.45, 2.75) is 18.9 Å². The van der Waals surface area contributed by atoms with Gasteiger partial charge >= 0.3 is 0 Å². The number of hydrogen-bond donors (Lipinski definition) is 1. The van der Waals surface area contributed by atoms with E-state index in [4.69, 9.17) is 4.74 Å². The summed E-state index contributed by atoms with van der Waals surface area (Å²) in [5.41, 5.74) is 1.32. The number of likely N-dealkylation sites (tertiary alicyclic amines) is 1. The van der Waals surface area contributed by atoms with Crippen LogP contribution >= 0.6 is 0 Å². The molecule has 0 bridgehead atoms. The van der Waals surface area contributed by atoms with E-state index in [1.54, 1.807) is 0 Å². The average Bonchev–Trinajstić information content (AvgIpc) is 2.82. The molecule has 1 aromatic rings. The number of hydrogen-bond acceptors (Lipinski definition) is 3. The molecule has 3 nitrogen and oxygen atoms in total. The zero-order chi connectivity index (χ0) is 12.4. The maximum absolute atomic E-state index is 5.70. The molecule has 1 atom stereocenters. The molecule has 1 fully saturated rings. The summed E-state index contributed by atoms with van der Waals surface area (Å²) in [5.74, 6) is 1.88. The molecule has 3 heteroatoms. The van der Waals surface area contributed by atoms with Crippen LogP contribution in [0.25, 0.3) is 0 Å². The highest BCUT2D eigenvalue weighted by Gasteiger charge is 2.24. The molecule has 98 valence electrons. The maximum atomic E-state index is 5.70. The minimum absolute atomic E-state index is 0.390. The second-order valence-electron chi connectivity index (χ2n) is 5.56. The van der Waals surface area contributed by atoms with Gasteiger partial charge in [0.2, 0.25) is 0 Å². The van der Waals surface area contributed by atoms with E-state index in [1.807, 2.05) is 6.07 Å². The first-order valence-corrected chi connectivity index (χ1v) is 6.96. The molecule has 0 aliphatic carbocycles. The van der Waals surface area contributed by atoms with E-state index >= 15 is 0 Å². The van der Waals surface area contributed by atoms with Crippen molar-refractivity contribution in [1.29, 1.82) is 0 Å². The zero-order valence-electron chi connectivity index (χ0n) is 11.1. The summed E-state index contributed by atoms with van der Waals surface area (Å²) in [6.45, 7) is 4.39. The molecule has 1 saturated heterocycles. The summed E-state index contributed by atoms with van der Waals surface area (Å²) in [6, 6.07) is 8.76. The lowest BCUT2D eigenvalue weighted by molar-refractivity contribution is 0.209. The molecule has 2 aliphatic rings. The summed E-state index contributed by atoms with van der Waals surface area (Å²) in [4.78, 5) is 2.42. The Morgan fingerprint density at radius 3 is 2.89 bits per heavy atom. The van der Waals surface area contributed by atoms with E-state index in [2.05, 4.69) is 35.5 Å². The monoisotopic (exact) mass is 246 g/mol. The van der Waals surface area contributed by atoms with Gasteiger partial charge in [-0.05, 0) is 51.5 Å². The van der Waals surface area contributed by atoms with Gasteiger partial charge in [-0.25, -0.2) is 0 Å². The van der Waals surface area contributed by atoms with Crippen LogP contribution in [0.4, 0.5) is 0 Å². The number of benzene rings is 1. The standard InChI is InChI=1S/C15H22N2O/c1-17-8-6-12(7-9-17)10-16-14-11-18-15-5-3-2-4-13(14)15/h2-5,12,14,16H,6-11H2,1H3. The molecular weight excluding hydrogens is 224 g/mol. The van der Waals surface area contributed by atoms with Gasteiger partial charge < -0.3 is 15.0 Å². The third kappa shape index (κ3) is 2.52. The number of ether oxygens (including phenoxy) is 1. The van der Waals surface area contributed by atoms with Crippen LogP contribution in [-0.4, -0.2) is 38.2 Å². The summed E-state index contributed by atoms with van der Waals surface area (Å²) in [7, 11) is 2.21. The highest BCUT2D eigenvalue weighted by atomic mass is 16.5. The van der Waals surface area contributed by atoms with Crippen molar-refractivity contribution in [3.8, 4) is 5.75 Å². The molecule has 0 saturated carbocycles. The van der Waals surface area contributed by atoms with Crippen molar-refractivity contribution >= 4 is 0 Å². The van der Waals surface area contributed by atoms with Gasteiger partial charge in [-0.15, -0.1) is 0 Å². The lowest BCUT2D eigenvalue weighted by Crippen LogP contribution is -2.36. The topological polar surface area (TPSA) is 24.5 Å². The maximum Gasteiger partial charge on any atom is 0.124 e. The SMILES string of the molecule is CN1CCC(CNC2COc3ccccc32)CC1. The Morgan fingerprint density at radius 1 is 1.28 bits per heavy atom. The molecule has 0 radical (unpaired) electrons. The molecular formula is C15H22N2O. The van der Waals surface area contributed by atoms with Gasteiger partial charge in [0.15, 0.2) is 0 Å². The number of fused-ring (bicyclic) bond motifs is 1. The van der Waals surface area contributed by atoms with E-state index in [1.165, 1.54) is 31.5 Å². The third-order valence-electron chi connectivity index (χ3n) is 4.19. The molecule has 2 aliphatic heterocycles. The smallest absolute Gasteiger partial charge is 0.124 e. The molecule has 1 unspecified atom stereocenters. The number of rotatable bonds is 3. The molecule has 0 amide bonds. The van der Waals surface area contributed by atoms with Crippen molar-refractivity contribution in [3.05, 3.63) is 29.8 Å². The second-order valence-corrected chi connectivity index (χ2v) is 5.56. The highest BCUT2D eigenvalue weighted by molar-refractivity contribution is 5.39. The molecule has 3 rings (SSSR count). The van der Waals surface area contributed by atoms with Crippen LogP contribution in [0.5, 0.6) is 5.75 Å². The van der Waals surface area contributed by atoms with Gasteiger partial charge in [0.25, 0.3) is 0 Å². The molecule has 1 aromatic carbocycles. The lowest BCUT2D eigenvalue weighted by atomic mass is 9.96. The van der Waals surface area contributed by atoms with Crippen LogP contribution in [0, 0.1) is 5.92 Å². The molecule has 0 spiro atoms. The number of nitrogens with zero attached hydrogens (tertiary/aromatic N) is 1. The van der Waals surface area contributed by atoms with Gasteiger partial charge in [0, 0.05) is 5.56 Å². The van der Waals surface area contributed by atoms with E-state index in [-0.39, 0.29) is 0 Å².